The van der Waals surface area contributed by atoms with Gasteiger partial charge in [0.1, 0.15) is 0 Å². The molecule has 0 atom stereocenters. The lowest BCUT2D eigenvalue weighted by atomic mass is 9.81. The van der Waals surface area contributed by atoms with Gasteiger partial charge in [-0.05, 0) is 24.3 Å². The Labute approximate surface area is 101 Å². The van der Waals surface area contributed by atoms with Gasteiger partial charge in [-0.25, -0.2) is 0 Å². The van der Waals surface area contributed by atoms with Crippen LogP contribution in [0.1, 0.15) is 44.1 Å². The Kier molecular flexibility index (Phi) is 3.48. The van der Waals surface area contributed by atoms with Crippen LogP contribution in [0.4, 0.5) is 0 Å². The Bertz CT molecular complexity index is 378. The third kappa shape index (κ3) is 3.07. The van der Waals surface area contributed by atoms with Crippen LogP contribution in [0.5, 0.6) is 0 Å². The minimum atomic E-state index is -1.24. The number of hydrogen-bond donors (Lipinski definition) is 1. The van der Waals surface area contributed by atoms with E-state index in [9.17, 15) is 9.90 Å². The summed E-state index contributed by atoms with van der Waals surface area (Å²) >= 11 is 0. The molecule has 0 heterocycles. The fourth-order valence-electron chi connectivity index (χ4n) is 2.50. The van der Waals surface area contributed by atoms with Crippen molar-refractivity contribution in [2.45, 2.75) is 44.3 Å². The van der Waals surface area contributed by atoms with Crippen molar-refractivity contribution < 1.29 is 14.6 Å². The molecule has 0 aromatic heterocycles. The van der Waals surface area contributed by atoms with Gasteiger partial charge in [0.15, 0.2) is 0 Å². The van der Waals surface area contributed by atoms with Crippen molar-refractivity contribution in [3.63, 3.8) is 0 Å². The predicted molar refractivity (Wildman–Crippen MR) is 64.4 cm³/mol. The van der Waals surface area contributed by atoms with Gasteiger partial charge in [-0.2, -0.15) is 0 Å². The molecule has 2 rings (SSSR count). The fourth-order valence-corrected chi connectivity index (χ4v) is 2.50. The molecule has 0 aliphatic heterocycles. The van der Waals surface area contributed by atoms with Crippen LogP contribution < -0.4 is 0 Å². The summed E-state index contributed by atoms with van der Waals surface area (Å²) in [6, 6.07) is 10.3. The molecular weight excluding hydrogens is 216 g/mol. The van der Waals surface area contributed by atoms with Crippen molar-refractivity contribution >= 4 is 5.97 Å². The van der Waals surface area contributed by atoms with Gasteiger partial charge in [-0.1, -0.05) is 30.3 Å². The van der Waals surface area contributed by atoms with Gasteiger partial charge >= 0.3 is 5.97 Å². The van der Waals surface area contributed by atoms with Gasteiger partial charge in [0.05, 0.1) is 0 Å². The molecule has 1 aromatic carbocycles. The van der Waals surface area contributed by atoms with Crippen molar-refractivity contribution in [3.8, 4) is 0 Å². The molecule has 0 bridgehead atoms. The summed E-state index contributed by atoms with van der Waals surface area (Å²) in [7, 11) is 0. The van der Waals surface area contributed by atoms with E-state index in [-0.39, 0.29) is 0 Å². The number of ether oxygens (including phenoxy) is 1. The Morgan fingerprint density at radius 2 is 1.88 bits per heavy atom. The number of hydrogen-bond acceptors (Lipinski definition) is 3. The smallest absolute Gasteiger partial charge is 0.305 e. The van der Waals surface area contributed by atoms with E-state index in [4.69, 9.17) is 4.74 Å². The highest BCUT2D eigenvalue weighted by atomic mass is 16.7. The quantitative estimate of drug-likeness (QED) is 0.632. The summed E-state index contributed by atoms with van der Waals surface area (Å²) in [4.78, 5) is 10.9. The van der Waals surface area contributed by atoms with Gasteiger partial charge in [0, 0.05) is 19.8 Å². The van der Waals surface area contributed by atoms with Gasteiger partial charge in [-0.15, -0.1) is 0 Å². The Hall–Kier alpha value is -1.35. The fraction of sp³-hybridized carbons (Fsp3) is 0.500. The van der Waals surface area contributed by atoms with Crippen LogP contribution in [0.25, 0.3) is 0 Å². The first-order valence-corrected chi connectivity index (χ1v) is 6.06. The lowest BCUT2D eigenvalue weighted by Crippen LogP contribution is -2.37. The van der Waals surface area contributed by atoms with E-state index in [1.807, 2.05) is 18.2 Å². The summed E-state index contributed by atoms with van der Waals surface area (Å²) in [5, 5.41) is 10.1. The average molecular weight is 234 g/mol. The predicted octanol–water partition coefficient (Wildman–Crippen LogP) is 2.60. The lowest BCUT2D eigenvalue weighted by Gasteiger charge is -2.35. The summed E-state index contributed by atoms with van der Waals surface area (Å²) in [6.45, 7) is 1.33. The zero-order valence-corrected chi connectivity index (χ0v) is 10.1. The second-order valence-electron chi connectivity index (χ2n) is 4.72. The average Bonchev–Trinajstić information content (AvgIpc) is 2.29. The summed E-state index contributed by atoms with van der Waals surface area (Å²) in [5.74, 6) is -1.19. The second-order valence-corrected chi connectivity index (χ2v) is 4.72. The largest absolute Gasteiger partial charge is 0.433 e. The topological polar surface area (TPSA) is 46.5 Å². The van der Waals surface area contributed by atoms with Crippen molar-refractivity contribution in [3.05, 3.63) is 35.9 Å². The molecule has 0 amide bonds. The first-order chi connectivity index (χ1) is 8.09. The molecule has 3 heteroatoms. The standard InChI is InChI=1S/C14H18O3/c1-11(15)17-14(16)9-7-13(8-10-14)12-5-3-2-4-6-12/h2-6,13,16H,7-10H2,1H3. The highest BCUT2D eigenvalue weighted by molar-refractivity contribution is 5.66. The minimum Gasteiger partial charge on any atom is -0.433 e. The monoisotopic (exact) mass is 234 g/mol. The number of carbonyl (C=O) groups is 1. The maximum Gasteiger partial charge on any atom is 0.305 e. The third-order valence-electron chi connectivity index (χ3n) is 3.37. The van der Waals surface area contributed by atoms with E-state index in [2.05, 4.69) is 12.1 Å². The van der Waals surface area contributed by atoms with E-state index in [1.165, 1.54) is 12.5 Å². The molecular formula is C14H18O3. The zero-order valence-electron chi connectivity index (χ0n) is 10.1. The maximum atomic E-state index is 10.9. The molecule has 0 saturated heterocycles. The normalized spacial score (nSPS) is 28.7. The van der Waals surface area contributed by atoms with Crippen molar-refractivity contribution in [2.75, 3.05) is 0 Å². The summed E-state index contributed by atoms with van der Waals surface area (Å²) in [5.41, 5.74) is 1.30. The van der Waals surface area contributed by atoms with E-state index >= 15 is 0 Å². The number of rotatable bonds is 2. The molecule has 3 nitrogen and oxygen atoms in total. The van der Waals surface area contributed by atoms with Crippen LogP contribution in [-0.2, 0) is 9.53 Å². The van der Waals surface area contributed by atoms with E-state index in [0.717, 1.165) is 12.8 Å². The number of carbonyl (C=O) groups excluding carboxylic acids is 1. The van der Waals surface area contributed by atoms with Crippen molar-refractivity contribution in [1.29, 1.82) is 0 Å². The van der Waals surface area contributed by atoms with E-state index in [0.29, 0.717) is 18.8 Å². The third-order valence-corrected chi connectivity index (χ3v) is 3.37. The molecule has 1 aromatic rings. The van der Waals surface area contributed by atoms with E-state index < -0.39 is 11.8 Å². The molecule has 1 fully saturated rings. The molecule has 0 unspecified atom stereocenters. The van der Waals surface area contributed by atoms with Gasteiger partial charge in [0.25, 0.3) is 0 Å². The molecule has 0 spiro atoms. The van der Waals surface area contributed by atoms with Crippen molar-refractivity contribution in [2.24, 2.45) is 0 Å². The Morgan fingerprint density at radius 3 is 2.41 bits per heavy atom. The molecule has 1 saturated carbocycles. The number of aliphatic hydroxyl groups is 1. The van der Waals surface area contributed by atoms with Gasteiger partial charge < -0.3 is 9.84 Å². The molecule has 17 heavy (non-hydrogen) atoms. The van der Waals surface area contributed by atoms with Gasteiger partial charge in [-0.3, -0.25) is 4.79 Å². The number of esters is 1. The highest BCUT2D eigenvalue weighted by Crippen LogP contribution is 2.38. The van der Waals surface area contributed by atoms with E-state index in [1.54, 1.807) is 0 Å². The molecule has 0 radical (unpaired) electrons. The van der Waals surface area contributed by atoms with Crippen LogP contribution in [0.2, 0.25) is 0 Å². The summed E-state index contributed by atoms with van der Waals surface area (Å²) in [6.07, 6.45) is 2.75. The highest BCUT2D eigenvalue weighted by Gasteiger charge is 2.36. The first-order valence-electron chi connectivity index (χ1n) is 6.06. The van der Waals surface area contributed by atoms with Crippen LogP contribution in [0.15, 0.2) is 30.3 Å². The maximum absolute atomic E-state index is 10.9. The SMILES string of the molecule is CC(=O)OC1(O)CCC(c2ccccc2)CC1. The minimum absolute atomic E-state index is 0.411. The first kappa shape index (κ1) is 12.1. The second kappa shape index (κ2) is 4.88. The Morgan fingerprint density at radius 1 is 1.29 bits per heavy atom. The lowest BCUT2D eigenvalue weighted by molar-refractivity contribution is -0.219. The van der Waals surface area contributed by atoms with Crippen LogP contribution in [-0.4, -0.2) is 16.9 Å². The van der Waals surface area contributed by atoms with Crippen LogP contribution in [0, 0.1) is 0 Å². The van der Waals surface area contributed by atoms with Crippen LogP contribution >= 0.6 is 0 Å². The van der Waals surface area contributed by atoms with Crippen LogP contribution in [0.3, 0.4) is 0 Å². The number of benzene rings is 1. The molecule has 92 valence electrons. The zero-order chi connectivity index (χ0) is 12.3. The molecule has 1 N–H and O–H groups in total. The van der Waals surface area contributed by atoms with Gasteiger partial charge in [0.2, 0.25) is 5.79 Å². The van der Waals surface area contributed by atoms with Crippen molar-refractivity contribution in [1.82, 2.24) is 0 Å². The molecule has 1 aliphatic rings. The summed E-state index contributed by atoms with van der Waals surface area (Å²) < 4.78 is 4.98. The Balaban J connectivity index is 1.96. The molecule has 1 aliphatic carbocycles.